The van der Waals surface area contributed by atoms with Crippen LogP contribution in [0.3, 0.4) is 0 Å². The molecule has 0 amide bonds. The number of benzene rings is 1. The number of piperidine rings is 1. The van der Waals surface area contributed by atoms with E-state index in [2.05, 4.69) is 31.0 Å². The molecule has 2 saturated carbocycles. The number of carbonyl (C=O) groups is 1. The van der Waals surface area contributed by atoms with E-state index >= 15 is 0 Å². The summed E-state index contributed by atoms with van der Waals surface area (Å²) in [7, 11) is 0. The molecule has 0 radical (unpaired) electrons. The van der Waals surface area contributed by atoms with Gasteiger partial charge in [0.1, 0.15) is 11.9 Å². The third-order valence-corrected chi connectivity index (χ3v) is 13.4. The Morgan fingerprint density at radius 1 is 0.938 bits per heavy atom. The first-order valence-electron chi connectivity index (χ1n) is 20.6. The highest BCUT2D eigenvalue weighted by atomic mass is 16.5. The van der Waals surface area contributed by atoms with Crippen LogP contribution in [-0.4, -0.2) is 40.5 Å². The van der Waals surface area contributed by atoms with Crippen LogP contribution in [0.5, 0.6) is 5.75 Å². The first-order chi connectivity index (χ1) is 23.4. The minimum Gasteiger partial charge on any atom is -0.489 e. The highest BCUT2D eigenvalue weighted by Gasteiger charge is 2.69. The molecular weight excluding hydrogens is 594 g/mol. The van der Waals surface area contributed by atoms with Crippen molar-refractivity contribution in [2.45, 2.75) is 197 Å². The van der Waals surface area contributed by atoms with Gasteiger partial charge in [-0.05, 0) is 94.6 Å². The molecule has 2 aliphatic heterocycles. The zero-order valence-corrected chi connectivity index (χ0v) is 30.3. The SMILES string of the molecule is C=C(CCCCCCCCCCCCCCC)CCCC(CC1CC1)C(C(=O)O)c1ccc2c3c1O[C@H]1CCC[C@@]4(O)C(C2)NCC[C@]314. The lowest BCUT2D eigenvalue weighted by atomic mass is 9.49. The minimum atomic E-state index is -0.815. The molecule has 48 heavy (non-hydrogen) atoms. The molecule has 1 aromatic rings. The summed E-state index contributed by atoms with van der Waals surface area (Å²) in [5.41, 5.74) is 3.43. The fourth-order valence-electron chi connectivity index (χ4n) is 10.6. The monoisotopic (exact) mass is 662 g/mol. The van der Waals surface area contributed by atoms with E-state index in [0.717, 1.165) is 82.1 Å². The first-order valence-corrected chi connectivity index (χ1v) is 20.6. The average molecular weight is 662 g/mol. The lowest BCUT2D eigenvalue weighted by molar-refractivity contribution is -0.149. The molecule has 5 nitrogen and oxygen atoms in total. The van der Waals surface area contributed by atoms with Crippen molar-refractivity contribution in [3.63, 3.8) is 0 Å². The molecule has 3 N–H and O–H groups in total. The molecule has 2 heterocycles. The van der Waals surface area contributed by atoms with Gasteiger partial charge in [0.15, 0.2) is 0 Å². The summed E-state index contributed by atoms with van der Waals surface area (Å²) in [5.74, 6) is 0.310. The van der Waals surface area contributed by atoms with Crippen molar-refractivity contribution in [2.24, 2.45) is 11.8 Å². The molecule has 3 unspecified atom stereocenters. The second kappa shape index (κ2) is 16.4. The standard InChI is InChI=1S/C43H67NO4/c1-3-4-5-6-7-8-9-10-11-12-13-14-15-18-31(2)19-16-20-33(29-32-22-23-32)38(41(45)46)35-25-24-34-30-36-43(47)26-17-21-37-42(43,27-28-44-36)39(34)40(35)48-37/h24-25,32-33,36-38,44,47H,2-23,26-30H2,1H3,(H,45,46)/t33?,36?,37-,38?,42+,43+/m0/s1. The van der Waals surface area contributed by atoms with Crippen LogP contribution in [-0.2, 0) is 16.6 Å². The zero-order valence-electron chi connectivity index (χ0n) is 30.3. The van der Waals surface area contributed by atoms with Crippen molar-refractivity contribution >= 4 is 5.97 Å². The molecule has 3 aliphatic carbocycles. The molecule has 5 aliphatic rings. The largest absolute Gasteiger partial charge is 0.489 e. The fraction of sp³-hybridized carbons (Fsp3) is 0.791. The number of unbranched alkanes of at least 4 members (excludes halogenated alkanes) is 12. The Morgan fingerprint density at radius 3 is 2.27 bits per heavy atom. The fourth-order valence-corrected chi connectivity index (χ4v) is 10.6. The van der Waals surface area contributed by atoms with Crippen LogP contribution in [0.2, 0.25) is 0 Å². The normalized spacial score (nSPS) is 28.0. The second-order valence-corrected chi connectivity index (χ2v) is 16.8. The highest BCUT2D eigenvalue weighted by molar-refractivity contribution is 5.79. The third-order valence-electron chi connectivity index (χ3n) is 13.4. The van der Waals surface area contributed by atoms with E-state index in [1.54, 1.807) is 0 Å². The average Bonchev–Trinajstić information content (AvgIpc) is 3.81. The van der Waals surface area contributed by atoms with E-state index < -0.39 is 22.9 Å². The van der Waals surface area contributed by atoms with Gasteiger partial charge in [-0.1, -0.05) is 121 Å². The lowest BCUT2D eigenvalue weighted by Gasteiger charge is -2.60. The van der Waals surface area contributed by atoms with Crippen molar-refractivity contribution in [3.8, 4) is 5.75 Å². The van der Waals surface area contributed by atoms with E-state index in [1.165, 1.54) is 113 Å². The molecule has 6 rings (SSSR count). The van der Waals surface area contributed by atoms with E-state index in [4.69, 9.17) is 4.74 Å². The smallest absolute Gasteiger partial charge is 0.311 e. The summed E-state index contributed by atoms with van der Waals surface area (Å²) >= 11 is 0. The maximum absolute atomic E-state index is 13.2. The van der Waals surface area contributed by atoms with Crippen LogP contribution in [0.1, 0.15) is 184 Å². The van der Waals surface area contributed by atoms with Gasteiger partial charge in [0.2, 0.25) is 0 Å². The van der Waals surface area contributed by atoms with Crippen LogP contribution in [0.15, 0.2) is 24.3 Å². The van der Waals surface area contributed by atoms with Crippen LogP contribution in [0.25, 0.3) is 0 Å². The van der Waals surface area contributed by atoms with E-state index in [0.29, 0.717) is 5.92 Å². The van der Waals surface area contributed by atoms with Gasteiger partial charge in [0.05, 0.1) is 16.9 Å². The zero-order chi connectivity index (χ0) is 33.6. The Bertz CT molecular complexity index is 1240. The van der Waals surface area contributed by atoms with Crippen molar-refractivity contribution in [1.82, 2.24) is 5.32 Å². The number of nitrogens with one attached hydrogen (secondary N) is 1. The predicted octanol–water partition coefficient (Wildman–Crippen LogP) is 10.3. The lowest BCUT2D eigenvalue weighted by Crippen LogP contribution is -2.74. The molecule has 5 heteroatoms. The van der Waals surface area contributed by atoms with Gasteiger partial charge in [0.25, 0.3) is 0 Å². The van der Waals surface area contributed by atoms with E-state index in [-0.39, 0.29) is 18.1 Å². The molecule has 2 bridgehead atoms. The number of aliphatic hydroxyl groups is 1. The number of allylic oxidation sites excluding steroid dienone is 1. The second-order valence-electron chi connectivity index (χ2n) is 16.8. The number of hydrogen-bond donors (Lipinski definition) is 3. The van der Waals surface area contributed by atoms with Gasteiger partial charge in [-0.15, -0.1) is 0 Å². The van der Waals surface area contributed by atoms with Gasteiger partial charge in [-0.3, -0.25) is 4.79 Å². The van der Waals surface area contributed by atoms with Crippen LogP contribution in [0.4, 0.5) is 0 Å². The van der Waals surface area contributed by atoms with Crippen molar-refractivity contribution in [1.29, 1.82) is 0 Å². The minimum absolute atomic E-state index is 0.0488. The van der Waals surface area contributed by atoms with E-state index in [1.807, 2.05) is 0 Å². The van der Waals surface area contributed by atoms with Crippen LogP contribution < -0.4 is 10.1 Å². The van der Waals surface area contributed by atoms with Gasteiger partial charge in [-0.2, -0.15) is 0 Å². The predicted molar refractivity (Wildman–Crippen MR) is 196 cm³/mol. The summed E-state index contributed by atoms with van der Waals surface area (Å²) in [5, 5.41) is 26.7. The molecule has 6 atom stereocenters. The van der Waals surface area contributed by atoms with Gasteiger partial charge >= 0.3 is 5.97 Å². The summed E-state index contributed by atoms with van der Waals surface area (Å²) in [4.78, 5) is 13.2. The highest BCUT2D eigenvalue weighted by Crippen LogP contribution is 2.64. The Balaban J connectivity index is 1.00. The Kier molecular flexibility index (Phi) is 12.3. The summed E-state index contributed by atoms with van der Waals surface area (Å²) in [6.07, 6.45) is 29.7. The molecule has 0 aromatic heterocycles. The molecular formula is C43H67NO4. The molecule has 1 aromatic carbocycles. The summed E-state index contributed by atoms with van der Waals surface area (Å²) in [6, 6.07) is 4.33. The quantitative estimate of drug-likeness (QED) is 0.0804. The number of carboxylic acids is 1. The van der Waals surface area contributed by atoms with Crippen molar-refractivity contribution in [2.75, 3.05) is 6.54 Å². The van der Waals surface area contributed by atoms with E-state index in [9.17, 15) is 15.0 Å². The Hall–Kier alpha value is -1.85. The van der Waals surface area contributed by atoms with Gasteiger partial charge < -0.3 is 20.3 Å². The molecule has 1 saturated heterocycles. The number of carboxylic acid groups (broad SMARTS) is 1. The van der Waals surface area contributed by atoms with Crippen molar-refractivity contribution in [3.05, 3.63) is 41.0 Å². The van der Waals surface area contributed by atoms with Gasteiger partial charge in [0, 0.05) is 17.2 Å². The van der Waals surface area contributed by atoms with Gasteiger partial charge in [-0.25, -0.2) is 0 Å². The third kappa shape index (κ3) is 7.58. The molecule has 3 fully saturated rings. The number of hydrogen-bond acceptors (Lipinski definition) is 4. The Labute approximate surface area is 292 Å². The molecule has 1 spiro atoms. The van der Waals surface area contributed by atoms with Crippen LogP contribution >= 0.6 is 0 Å². The van der Waals surface area contributed by atoms with Crippen molar-refractivity contribution < 1.29 is 19.7 Å². The summed E-state index contributed by atoms with van der Waals surface area (Å²) in [6.45, 7) is 7.61. The molecule has 268 valence electrons. The number of aliphatic carboxylic acids is 1. The first kappa shape index (κ1) is 36.0. The maximum Gasteiger partial charge on any atom is 0.311 e. The number of ether oxygens (including phenoxy) is 1. The summed E-state index contributed by atoms with van der Waals surface area (Å²) < 4.78 is 6.87. The number of rotatable bonds is 23. The van der Waals surface area contributed by atoms with Crippen LogP contribution in [0, 0.1) is 11.8 Å². The topological polar surface area (TPSA) is 78.8 Å². The Morgan fingerprint density at radius 2 is 1.60 bits per heavy atom. The maximum atomic E-state index is 13.2.